The molecule has 2 aliphatic rings. The first kappa shape index (κ1) is 27.1. The predicted molar refractivity (Wildman–Crippen MR) is 138 cm³/mol. The largest absolute Gasteiger partial charge is 0.450 e. The SMILES string of the molecule is CCOC(=O)Nc1cc(C(F)(F)F)c(-c2nc(N3CCOCC3)c3cc(CN4CCN(C)CC4)cn3n2)cn1. The second kappa shape index (κ2) is 11.3. The van der Waals surface area contributed by atoms with Crippen LogP contribution >= 0.6 is 0 Å². The number of aromatic nitrogens is 4. The maximum Gasteiger partial charge on any atom is 0.417 e. The molecule has 2 aliphatic heterocycles. The van der Waals surface area contributed by atoms with E-state index >= 15 is 0 Å². The maximum atomic E-state index is 14.2. The molecule has 5 heterocycles. The van der Waals surface area contributed by atoms with Crippen molar-refractivity contribution in [2.45, 2.75) is 19.6 Å². The van der Waals surface area contributed by atoms with E-state index in [-0.39, 0.29) is 23.8 Å². The molecule has 3 aromatic heterocycles. The summed E-state index contributed by atoms with van der Waals surface area (Å²) in [6.07, 6.45) is -2.76. The number of nitrogens with zero attached hydrogens (tertiary/aromatic N) is 7. The highest BCUT2D eigenvalue weighted by molar-refractivity contribution is 5.84. The van der Waals surface area contributed by atoms with Gasteiger partial charge in [-0.2, -0.15) is 13.2 Å². The molecule has 39 heavy (non-hydrogen) atoms. The van der Waals surface area contributed by atoms with Crippen molar-refractivity contribution in [3.63, 3.8) is 0 Å². The monoisotopic (exact) mass is 548 g/mol. The number of piperazine rings is 1. The Morgan fingerprint density at radius 1 is 1.13 bits per heavy atom. The summed E-state index contributed by atoms with van der Waals surface area (Å²) in [5.41, 5.74) is 0.416. The number of fused-ring (bicyclic) bond motifs is 1. The number of hydrogen-bond acceptors (Lipinski definition) is 9. The van der Waals surface area contributed by atoms with Crippen molar-refractivity contribution in [1.82, 2.24) is 29.4 Å². The first-order valence-corrected chi connectivity index (χ1v) is 12.9. The number of carbonyl (C=O) groups excluding carboxylic acids is 1. The van der Waals surface area contributed by atoms with Crippen molar-refractivity contribution in [3.05, 3.63) is 35.7 Å². The van der Waals surface area contributed by atoms with Crippen LogP contribution in [-0.4, -0.2) is 102 Å². The molecule has 0 saturated carbocycles. The lowest BCUT2D eigenvalue weighted by Crippen LogP contribution is -2.43. The van der Waals surface area contributed by atoms with Gasteiger partial charge in [0.15, 0.2) is 11.6 Å². The number of halogens is 3. The number of pyridine rings is 1. The third kappa shape index (κ3) is 6.23. The molecule has 0 spiro atoms. The highest BCUT2D eigenvalue weighted by atomic mass is 19.4. The minimum Gasteiger partial charge on any atom is -0.450 e. The number of alkyl halides is 3. The lowest BCUT2D eigenvalue weighted by Gasteiger charge is -2.32. The molecule has 14 heteroatoms. The zero-order valence-electron chi connectivity index (χ0n) is 21.9. The molecule has 0 unspecified atom stereocenters. The second-order valence-corrected chi connectivity index (χ2v) is 9.57. The van der Waals surface area contributed by atoms with E-state index in [1.54, 1.807) is 11.4 Å². The Kier molecular flexibility index (Phi) is 7.86. The molecule has 2 saturated heterocycles. The fourth-order valence-corrected chi connectivity index (χ4v) is 4.72. The van der Waals surface area contributed by atoms with Crippen LogP contribution in [0.4, 0.5) is 29.6 Å². The fraction of sp³-hybridized carbons (Fsp3) is 0.520. The third-order valence-electron chi connectivity index (χ3n) is 6.77. The number of nitrogens with one attached hydrogen (secondary N) is 1. The van der Waals surface area contributed by atoms with E-state index < -0.39 is 17.8 Å². The Bertz CT molecular complexity index is 1320. The van der Waals surface area contributed by atoms with Crippen molar-refractivity contribution in [3.8, 4) is 11.4 Å². The number of likely N-dealkylation sites (N-methyl/N-ethyl adjacent to an activating group) is 1. The van der Waals surface area contributed by atoms with Gasteiger partial charge in [0.2, 0.25) is 0 Å². The molecular weight excluding hydrogens is 517 g/mol. The molecule has 0 radical (unpaired) electrons. The standard InChI is InChI=1S/C25H31F3N8O3/c1-3-39-24(37)30-21-13-19(25(26,27)28)18(14-29-21)22-31-23(35-8-10-38-11-9-35)20-12-17(16-36(20)32-22)15-34-6-4-33(2)5-7-34/h12-14,16H,3-11,15H2,1-2H3,(H,29,30,37). The van der Waals surface area contributed by atoms with E-state index in [1.165, 1.54) is 0 Å². The predicted octanol–water partition coefficient (Wildman–Crippen LogP) is 2.96. The van der Waals surface area contributed by atoms with Crippen LogP contribution in [0.3, 0.4) is 0 Å². The Hall–Kier alpha value is -3.49. The number of anilines is 2. The van der Waals surface area contributed by atoms with Gasteiger partial charge in [-0.15, -0.1) is 5.10 Å². The lowest BCUT2D eigenvalue weighted by molar-refractivity contribution is -0.137. The summed E-state index contributed by atoms with van der Waals surface area (Å²) in [7, 11) is 2.10. The maximum absolute atomic E-state index is 14.2. The highest BCUT2D eigenvalue weighted by Gasteiger charge is 2.36. The van der Waals surface area contributed by atoms with Gasteiger partial charge in [0.1, 0.15) is 11.3 Å². The topological polar surface area (TPSA) is 100 Å². The third-order valence-corrected chi connectivity index (χ3v) is 6.77. The highest BCUT2D eigenvalue weighted by Crippen LogP contribution is 2.38. The van der Waals surface area contributed by atoms with Gasteiger partial charge in [0, 0.05) is 58.2 Å². The van der Waals surface area contributed by atoms with E-state index in [9.17, 15) is 18.0 Å². The van der Waals surface area contributed by atoms with Crippen LogP contribution in [-0.2, 0) is 22.2 Å². The van der Waals surface area contributed by atoms with Crippen LogP contribution in [0.15, 0.2) is 24.5 Å². The van der Waals surface area contributed by atoms with Crippen molar-refractivity contribution >= 4 is 23.2 Å². The normalized spacial score (nSPS) is 17.5. The molecule has 210 valence electrons. The number of carbonyl (C=O) groups is 1. The summed E-state index contributed by atoms with van der Waals surface area (Å²) < 4.78 is 54.4. The van der Waals surface area contributed by atoms with Crippen molar-refractivity contribution < 1.29 is 27.4 Å². The zero-order chi connectivity index (χ0) is 27.6. The van der Waals surface area contributed by atoms with Gasteiger partial charge < -0.3 is 19.3 Å². The average molecular weight is 549 g/mol. The van der Waals surface area contributed by atoms with Crippen LogP contribution in [0.25, 0.3) is 16.9 Å². The van der Waals surface area contributed by atoms with Gasteiger partial charge in [-0.05, 0) is 31.7 Å². The van der Waals surface area contributed by atoms with E-state index in [4.69, 9.17) is 9.47 Å². The molecule has 5 rings (SSSR count). The molecule has 2 fully saturated rings. The Morgan fingerprint density at radius 2 is 1.87 bits per heavy atom. The summed E-state index contributed by atoms with van der Waals surface area (Å²) in [5.74, 6) is 0.137. The number of ether oxygens (including phenoxy) is 2. The van der Waals surface area contributed by atoms with Gasteiger partial charge in [-0.1, -0.05) is 0 Å². The molecule has 1 N–H and O–H groups in total. The molecule has 1 amide bonds. The molecule has 0 bridgehead atoms. The van der Waals surface area contributed by atoms with Crippen molar-refractivity contribution in [2.75, 3.05) is 76.4 Å². The number of morpholine rings is 1. The van der Waals surface area contributed by atoms with Gasteiger partial charge >= 0.3 is 12.3 Å². The first-order chi connectivity index (χ1) is 18.7. The minimum absolute atomic E-state index is 0.0713. The number of rotatable bonds is 6. The van der Waals surface area contributed by atoms with Crippen LogP contribution < -0.4 is 10.2 Å². The molecular formula is C25H31F3N8O3. The summed E-state index contributed by atoms with van der Waals surface area (Å²) >= 11 is 0. The molecule has 3 aromatic rings. The molecule has 0 aromatic carbocycles. The van der Waals surface area contributed by atoms with Gasteiger partial charge in [0.25, 0.3) is 0 Å². The van der Waals surface area contributed by atoms with Crippen LogP contribution in [0.2, 0.25) is 0 Å². The Balaban J connectivity index is 1.55. The number of hydrogen-bond donors (Lipinski definition) is 1. The average Bonchev–Trinajstić information content (AvgIpc) is 3.32. The Morgan fingerprint density at radius 3 is 2.56 bits per heavy atom. The van der Waals surface area contributed by atoms with Gasteiger partial charge in [-0.3, -0.25) is 10.2 Å². The summed E-state index contributed by atoms with van der Waals surface area (Å²) in [4.78, 5) is 27.0. The van der Waals surface area contributed by atoms with Crippen molar-refractivity contribution in [2.24, 2.45) is 0 Å². The second-order valence-electron chi connectivity index (χ2n) is 9.57. The van der Waals surface area contributed by atoms with Crippen LogP contribution in [0, 0.1) is 0 Å². The Labute approximate surface area is 223 Å². The van der Waals surface area contributed by atoms with Crippen LogP contribution in [0.1, 0.15) is 18.1 Å². The fourth-order valence-electron chi connectivity index (χ4n) is 4.72. The molecule has 11 nitrogen and oxygen atoms in total. The van der Waals surface area contributed by atoms with E-state index in [0.717, 1.165) is 44.0 Å². The minimum atomic E-state index is -4.75. The summed E-state index contributed by atoms with van der Waals surface area (Å²) in [5, 5.41) is 6.71. The first-order valence-electron chi connectivity index (χ1n) is 12.9. The smallest absolute Gasteiger partial charge is 0.417 e. The van der Waals surface area contributed by atoms with Gasteiger partial charge in [-0.25, -0.2) is 19.3 Å². The summed E-state index contributed by atoms with van der Waals surface area (Å²) in [6.45, 7) is 8.28. The molecule has 0 aliphatic carbocycles. The van der Waals surface area contributed by atoms with E-state index in [1.807, 2.05) is 17.2 Å². The lowest BCUT2D eigenvalue weighted by atomic mass is 10.1. The molecule has 0 atom stereocenters. The quantitative estimate of drug-likeness (QED) is 0.498. The van der Waals surface area contributed by atoms with E-state index in [2.05, 4.69) is 37.2 Å². The summed E-state index contributed by atoms with van der Waals surface area (Å²) in [6, 6.07) is 2.77. The van der Waals surface area contributed by atoms with Crippen molar-refractivity contribution in [1.29, 1.82) is 0 Å². The number of amides is 1. The van der Waals surface area contributed by atoms with Gasteiger partial charge in [0.05, 0.1) is 30.9 Å². The van der Waals surface area contributed by atoms with Crippen LogP contribution in [0.5, 0.6) is 0 Å². The zero-order valence-corrected chi connectivity index (χ0v) is 21.9. The van der Waals surface area contributed by atoms with E-state index in [0.29, 0.717) is 44.2 Å².